The van der Waals surface area contributed by atoms with E-state index in [1.165, 1.54) is 18.2 Å². The number of nitrogens with one attached hydrogen (secondary N) is 1. The first-order chi connectivity index (χ1) is 17.8. The van der Waals surface area contributed by atoms with Gasteiger partial charge in [-0.3, -0.25) is 14.0 Å². The van der Waals surface area contributed by atoms with Crippen molar-refractivity contribution >= 4 is 62.3 Å². The molecule has 0 aliphatic carbocycles. The van der Waals surface area contributed by atoms with Crippen LogP contribution in [-0.4, -0.2) is 39.1 Å². The number of esters is 1. The highest BCUT2D eigenvalue weighted by Crippen LogP contribution is 2.38. The molecule has 200 valence electrons. The molecular weight excluding hydrogens is 549 g/mol. The van der Waals surface area contributed by atoms with Crippen molar-refractivity contribution in [2.75, 3.05) is 27.6 Å². The molecule has 0 radical (unpaired) electrons. The van der Waals surface area contributed by atoms with E-state index in [4.69, 9.17) is 27.9 Å². The van der Waals surface area contributed by atoms with Crippen molar-refractivity contribution in [1.29, 1.82) is 0 Å². The minimum atomic E-state index is -4.31. The van der Waals surface area contributed by atoms with E-state index in [1.807, 2.05) is 18.2 Å². The van der Waals surface area contributed by atoms with Crippen molar-refractivity contribution in [1.82, 2.24) is 0 Å². The summed E-state index contributed by atoms with van der Waals surface area (Å²) in [6.45, 7) is 4.84. The Morgan fingerprint density at radius 1 is 1.00 bits per heavy atom. The molecule has 3 aromatic rings. The van der Waals surface area contributed by atoms with E-state index >= 15 is 0 Å². The number of carbonyl (C=O) groups is 2. The summed E-state index contributed by atoms with van der Waals surface area (Å²) in [5.41, 5.74) is 1.23. The standard InChI is InChI=1S/C27H27Cl2N3O5S/c1-27(2,3)37-25(33)17-32(38(35,36)21-15-18(28)14-19(29)16-21)24-11-7-10-23-22(24)12-13-31(23)26(34)30-20-8-5-4-6-9-20/h4-11,14-16H,12-13,17H2,1-3H3,(H,30,34). The average Bonchev–Trinajstić information content (AvgIpc) is 3.26. The smallest absolute Gasteiger partial charge is 0.327 e. The van der Waals surface area contributed by atoms with Gasteiger partial charge in [-0.2, -0.15) is 0 Å². The zero-order valence-corrected chi connectivity index (χ0v) is 23.4. The van der Waals surface area contributed by atoms with Crippen molar-refractivity contribution < 1.29 is 22.7 Å². The van der Waals surface area contributed by atoms with Gasteiger partial charge in [0.1, 0.15) is 12.1 Å². The van der Waals surface area contributed by atoms with E-state index in [2.05, 4.69) is 5.32 Å². The first kappa shape index (κ1) is 27.8. The summed E-state index contributed by atoms with van der Waals surface area (Å²) in [7, 11) is -4.31. The monoisotopic (exact) mass is 575 g/mol. The van der Waals surface area contributed by atoms with Crippen LogP contribution in [0.2, 0.25) is 10.0 Å². The summed E-state index contributed by atoms with van der Waals surface area (Å²) in [5.74, 6) is -0.733. The fourth-order valence-electron chi connectivity index (χ4n) is 4.17. The lowest BCUT2D eigenvalue weighted by Crippen LogP contribution is -2.39. The number of carbonyl (C=O) groups excluding carboxylic acids is 2. The summed E-state index contributed by atoms with van der Waals surface area (Å²) >= 11 is 12.2. The predicted molar refractivity (Wildman–Crippen MR) is 150 cm³/mol. The molecule has 1 aliphatic heterocycles. The van der Waals surface area contributed by atoms with Gasteiger partial charge in [0, 0.05) is 27.8 Å². The van der Waals surface area contributed by atoms with Gasteiger partial charge < -0.3 is 10.1 Å². The van der Waals surface area contributed by atoms with Crippen molar-refractivity contribution in [2.24, 2.45) is 0 Å². The molecule has 0 spiro atoms. The molecule has 0 aromatic heterocycles. The zero-order chi connectivity index (χ0) is 27.7. The van der Waals surface area contributed by atoms with Crippen LogP contribution < -0.4 is 14.5 Å². The minimum absolute atomic E-state index is 0.135. The molecule has 0 fully saturated rings. The van der Waals surface area contributed by atoms with Crippen LogP contribution in [0.1, 0.15) is 26.3 Å². The Hall–Kier alpha value is -3.27. The molecule has 2 amide bonds. The molecule has 0 bridgehead atoms. The molecule has 1 N–H and O–H groups in total. The topological polar surface area (TPSA) is 96.0 Å². The molecule has 8 nitrogen and oxygen atoms in total. The maximum absolute atomic E-state index is 13.9. The molecular formula is C27H27Cl2N3O5S. The molecule has 3 aromatic carbocycles. The molecule has 0 saturated carbocycles. The Morgan fingerprint density at radius 3 is 2.29 bits per heavy atom. The van der Waals surface area contributed by atoms with E-state index in [1.54, 1.807) is 56.0 Å². The van der Waals surface area contributed by atoms with Crippen molar-refractivity contribution in [2.45, 2.75) is 37.7 Å². The molecule has 38 heavy (non-hydrogen) atoms. The van der Waals surface area contributed by atoms with Crippen LogP contribution in [0.15, 0.2) is 71.6 Å². The lowest BCUT2D eigenvalue weighted by Gasteiger charge is -2.28. The van der Waals surface area contributed by atoms with E-state index in [-0.39, 0.29) is 26.7 Å². The number of halogens is 2. The lowest BCUT2D eigenvalue weighted by atomic mass is 10.1. The van der Waals surface area contributed by atoms with Crippen molar-refractivity contribution in [3.05, 3.63) is 82.3 Å². The molecule has 0 atom stereocenters. The van der Waals surface area contributed by atoms with Crippen LogP contribution in [0, 0.1) is 0 Å². The highest BCUT2D eigenvalue weighted by Gasteiger charge is 2.35. The molecule has 4 rings (SSSR count). The molecule has 0 unspecified atom stereocenters. The Kier molecular flexibility index (Phi) is 7.92. The number of urea groups is 1. The van der Waals surface area contributed by atoms with Gasteiger partial charge in [-0.15, -0.1) is 0 Å². The number of sulfonamides is 1. The second-order valence-electron chi connectivity index (χ2n) is 9.68. The summed E-state index contributed by atoms with van der Waals surface area (Å²) in [5, 5.41) is 3.12. The largest absolute Gasteiger partial charge is 0.459 e. The van der Waals surface area contributed by atoms with E-state index < -0.39 is 28.1 Å². The Morgan fingerprint density at radius 2 is 1.66 bits per heavy atom. The summed E-state index contributed by atoms with van der Waals surface area (Å²) in [6, 6.07) is 17.6. The van der Waals surface area contributed by atoms with Gasteiger partial charge in [0.15, 0.2) is 0 Å². The Bertz CT molecular complexity index is 1450. The van der Waals surface area contributed by atoms with Crippen LogP contribution in [-0.2, 0) is 26.0 Å². The maximum Gasteiger partial charge on any atom is 0.327 e. The summed E-state index contributed by atoms with van der Waals surface area (Å²) in [4.78, 5) is 27.3. The molecule has 11 heteroatoms. The third-order valence-electron chi connectivity index (χ3n) is 5.66. The third kappa shape index (κ3) is 6.23. The number of nitrogens with zero attached hydrogens (tertiary/aromatic N) is 2. The molecule has 1 aliphatic rings. The second kappa shape index (κ2) is 10.8. The van der Waals surface area contributed by atoms with Crippen LogP contribution in [0.4, 0.5) is 21.9 Å². The Balaban J connectivity index is 1.75. The first-order valence-corrected chi connectivity index (χ1v) is 14.0. The van der Waals surface area contributed by atoms with Crippen LogP contribution in [0.3, 0.4) is 0 Å². The van der Waals surface area contributed by atoms with Crippen LogP contribution in [0.5, 0.6) is 0 Å². The van der Waals surface area contributed by atoms with Gasteiger partial charge >= 0.3 is 12.0 Å². The highest BCUT2D eigenvalue weighted by atomic mass is 35.5. The normalized spacial score (nSPS) is 13.1. The fourth-order valence-corrected chi connectivity index (χ4v) is 6.34. The van der Waals surface area contributed by atoms with Crippen molar-refractivity contribution in [3.63, 3.8) is 0 Å². The number of benzene rings is 3. The number of para-hydroxylation sites is 1. The lowest BCUT2D eigenvalue weighted by molar-refractivity contribution is -0.152. The zero-order valence-electron chi connectivity index (χ0n) is 21.1. The number of amides is 2. The summed E-state index contributed by atoms with van der Waals surface area (Å²) < 4.78 is 34.2. The van der Waals surface area contributed by atoms with E-state index in [0.29, 0.717) is 29.9 Å². The number of fused-ring (bicyclic) bond motifs is 1. The number of hydrogen-bond acceptors (Lipinski definition) is 5. The number of ether oxygens (including phenoxy) is 1. The Labute approximate surface area is 232 Å². The van der Waals surface area contributed by atoms with Gasteiger partial charge in [0.05, 0.1) is 16.3 Å². The summed E-state index contributed by atoms with van der Waals surface area (Å²) in [6.07, 6.45) is 0.379. The number of anilines is 3. The number of rotatable bonds is 6. The molecule has 0 saturated heterocycles. The van der Waals surface area contributed by atoms with Crippen molar-refractivity contribution in [3.8, 4) is 0 Å². The maximum atomic E-state index is 13.9. The number of hydrogen-bond donors (Lipinski definition) is 1. The quantitative estimate of drug-likeness (QED) is 0.357. The van der Waals surface area contributed by atoms with Gasteiger partial charge in [0.2, 0.25) is 0 Å². The predicted octanol–water partition coefficient (Wildman–Crippen LogP) is 6.13. The van der Waals surface area contributed by atoms with E-state index in [9.17, 15) is 18.0 Å². The third-order valence-corrected chi connectivity index (χ3v) is 7.83. The van der Waals surface area contributed by atoms with Gasteiger partial charge in [-0.1, -0.05) is 47.5 Å². The molecule has 1 heterocycles. The highest BCUT2D eigenvalue weighted by molar-refractivity contribution is 7.92. The van der Waals surface area contributed by atoms with Gasteiger partial charge in [-0.05, 0) is 69.7 Å². The van der Waals surface area contributed by atoms with E-state index in [0.717, 1.165) is 4.31 Å². The van der Waals surface area contributed by atoms with Crippen LogP contribution >= 0.6 is 23.2 Å². The SMILES string of the molecule is CC(C)(C)OC(=O)CN(c1cccc2c1CCN2C(=O)Nc1ccccc1)S(=O)(=O)c1cc(Cl)cc(Cl)c1. The second-order valence-corrected chi connectivity index (χ2v) is 12.4. The minimum Gasteiger partial charge on any atom is -0.459 e. The fraction of sp³-hybridized carbons (Fsp3) is 0.259. The first-order valence-electron chi connectivity index (χ1n) is 11.8. The van der Waals surface area contributed by atoms with Crippen LogP contribution in [0.25, 0.3) is 0 Å². The average molecular weight is 577 g/mol. The van der Waals surface area contributed by atoms with Gasteiger partial charge in [0.25, 0.3) is 10.0 Å². The van der Waals surface area contributed by atoms with Gasteiger partial charge in [-0.25, -0.2) is 13.2 Å².